The van der Waals surface area contributed by atoms with Crippen LogP contribution < -0.4 is 0 Å². The van der Waals surface area contributed by atoms with E-state index in [-0.39, 0.29) is 27.6 Å². The number of hydrogen-bond acceptors (Lipinski definition) is 2. The van der Waals surface area contributed by atoms with Crippen molar-refractivity contribution >= 4 is 11.6 Å². The predicted molar refractivity (Wildman–Crippen MR) is 71.1 cm³/mol. The lowest BCUT2D eigenvalue weighted by Gasteiger charge is -1.98. The van der Waals surface area contributed by atoms with E-state index in [9.17, 15) is 13.2 Å². The Morgan fingerprint density at radius 1 is 0.952 bits per heavy atom. The maximum atomic E-state index is 13.8. The van der Waals surface area contributed by atoms with Crippen molar-refractivity contribution in [3.8, 4) is 22.6 Å². The highest BCUT2D eigenvalue weighted by Gasteiger charge is 2.16. The van der Waals surface area contributed by atoms with Crippen molar-refractivity contribution in [3.05, 3.63) is 64.9 Å². The Morgan fingerprint density at radius 3 is 2.38 bits per heavy atom. The molecular formula is C15H6ClF3NO. The second kappa shape index (κ2) is 5.26. The monoisotopic (exact) mass is 308 g/mol. The molecule has 0 atom stereocenters. The number of halogens is 4. The normalized spacial score (nSPS) is 10.9. The van der Waals surface area contributed by atoms with Gasteiger partial charge in [-0.15, -0.1) is 0 Å². The molecule has 105 valence electrons. The first-order valence-electron chi connectivity index (χ1n) is 5.84. The van der Waals surface area contributed by atoms with Crippen LogP contribution in [0.3, 0.4) is 0 Å². The van der Waals surface area contributed by atoms with Gasteiger partial charge in [-0.1, -0.05) is 16.8 Å². The van der Waals surface area contributed by atoms with Crippen LogP contribution in [0.4, 0.5) is 13.2 Å². The van der Waals surface area contributed by atoms with Gasteiger partial charge < -0.3 is 4.52 Å². The van der Waals surface area contributed by atoms with E-state index in [1.165, 1.54) is 18.2 Å². The second-order valence-corrected chi connectivity index (χ2v) is 4.67. The summed E-state index contributed by atoms with van der Waals surface area (Å²) in [6, 6.07) is 9.66. The largest absolute Gasteiger partial charge is 0.355 e. The topological polar surface area (TPSA) is 26.0 Å². The molecule has 21 heavy (non-hydrogen) atoms. The van der Waals surface area contributed by atoms with Gasteiger partial charge in [0, 0.05) is 16.7 Å². The molecule has 1 heterocycles. The first-order valence-corrected chi connectivity index (χ1v) is 6.22. The van der Waals surface area contributed by atoms with E-state index in [0.29, 0.717) is 6.07 Å². The van der Waals surface area contributed by atoms with Crippen molar-refractivity contribution in [2.75, 3.05) is 0 Å². The van der Waals surface area contributed by atoms with Gasteiger partial charge in [0.2, 0.25) is 0 Å². The lowest BCUT2D eigenvalue weighted by atomic mass is 10.1. The van der Waals surface area contributed by atoms with Crippen LogP contribution in [0.5, 0.6) is 0 Å². The van der Waals surface area contributed by atoms with Gasteiger partial charge in [0.05, 0.1) is 11.6 Å². The molecule has 3 rings (SSSR count). The minimum absolute atomic E-state index is 0.00970. The van der Waals surface area contributed by atoms with Gasteiger partial charge in [0.15, 0.2) is 5.76 Å². The summed E-state index contributed by atoms with van der Waals surface area (Å²) in [7, 11) is 0. The van der Waals surface area contributed by atoms with Crippen LogP contribution >= 0.6 is 11.6 Å². The van der Waals surface area contributed by atoms with Gasteiger partial charge in [-0.05, 0) is 30.3 Å². The highest BCUT2D eigenvalue weighted by atomic mass is 35.5. The zero-order chi connectivity index (χ0) is 15.0. The van der Waals surface area contributed by atoms with Crippen molar-refractivity contribution in [3.63, 3.8) is 0 Å². The van der Waals surface area contributed by atoms with Crippen molar-refractivity contribution in [2.45, 2.75) is 0 Å². The third-order valence-electron chi connectivity index (χ3n) is 2.82. The van der Waals surface area contributed by atoms with Crippen LogP contribution in [0, 0.1) is 23.5 Å². The third kappa shape index (κ3) is 2.64. The molecule has 6 heteroatoms. The molecule has 0 N–H and O–H groups in total. The maximum absolute atomic E-state index is 13.8. The summed E-state index contributed by atoms with van der Waals surface area (Å²) in [5.41, 5.74) is 0.185. The molecule has 0 spiro atoms. The Hall–Kier alpha value is -2.27. The van der Waals surface area contributed by atoms with Gasteiger partial charge in [-0.3, -0.25) is 0 Å². The molecule has 0 unspecified atom stereocenters. The molecule has 0 saturated heterocycles. The average molecular weight is 309 g/mol. The zero-order valence-corrected chi connectivity index (χ0v) is 11.1. The first kappa shape index (κ1) is 13.7. The summed E-state index contributed by atoms with van der Waals surface area (Å²) in [5.74, 6) is -2.17. The average Bonchev–Trinajstić information content (AvgIpc) is 2.87. The number of hydrogen-bond donors (Lipinski definition) is 0. The fourth-order valence-electron chi connectivity index (χ4n) is 1.83. The molecule has 3 aromatic rings. The summed E-state index contributed by atoms with van der Waals surface area (Å²) >= 11 is 5.66. The van der Waals surface area contributed by atoms with E-state index in [1.54, 1.807) is 0 Å². The van der Waals surface area contributed by atoms with E-state index in [1.807, 2.05) is 0 Å². The molecule has 0 bridgehead atoms. The van der Waals surface area contributed by atoms with Crippen molar-refractivity contribution in [2.24, 2.45) is 0 Å². The molecule has 2 aromatic carbocycles. The summed E-state index contributed by atoms with van der Waals surface area (Å²) < 4.78 is 45.2. The summed E-state index contributed by atoms with van der Waals surface area (Å²) in [6.07, 6.45) is 0. The number of nitrogens with zero attached hydrogens (tertiary/aromatic N) is 1. The smallest absolute Gasteiger partial charge is 0.178 e. The molecule has 0 aliphatic carbocycles. The van der Waals surface area contributed by atoms with Gasteiger partial charge >= 0.3 is 0 Å². The Morgan fingerprint density at radius 2 is 1.67 bits per heavy atom. The van der Waals surface area contributed by atoms with E-state index in [0.717, 1.165) is 12.1 Å². The summed E-state index contributed by atoms with van der Waals surface area (Å²) in [4.78, 5) is 0. The lowest BCUT2D eigenvalue weighted by Crippen LogP contribution is -1.85. The fraction of sp³-hybridized carbons (Fsp3) is 0. The van der Waals surface area contributed by atoms with Gasteiger partial charge in [-0.25, -0.2) is 13.2 Å². The van der Waals surface area contributed by atoms with Crippen molar-refractivity contribution in [1.82, 2.24) is 5.16 Å². The molecule has 0 fully saturated rings. The van der Waals surface area contributed by atoms with Crippen LogP contribution in [0.15, 0.2) is 40.9 Å². The molecule has 1 aromatic heterocycles. The van der Waals surface area contributed by atoms with Crippen molar-refractivity contribution in [1.29, 1.82) is 0 Å². The molecule has 2 nitrogen and oxygen atoms in total. The third-order valence-corrected chi connectivity index (χ3v) is 3.06. The Kier molecular flexibility index (Phi) is 3.43. The summed E-state index contributed by atoms with van der Waals surface area (Å²) in [6.45, 7) is 0. The van der Waals surface area contributed by atoms with Crippen LogP contribution in [0.25, 0.3) is 22.6 Å². The van der Waals surface area contributed by atoms with Gasteiger partial charge in [-0.2, -0.15) is 0 Å². The fourth-order valence-corrected chi connectivity index (χ4v) is 1.99. The van der Waals surface area contributed by atoms with Crippen LogP contribution in [-0.2, 0) is 0 Å². The number of rotatable bonds is 2. The van der Waals surface area contributed by atoms with E-state index in [2.05, 4.69) is 11.2 Å². The molecule has 0 aliphatic rings. The second-order valence-electron chi connectivity index (χ2n) is 4.23. The Labute approximate surface area is 122 Å². The quantitative estimate of drug-likeness (QED) is 0.674. The van der Waals surface area contributed by atoms with E-state index < -0.39 is 17.5 Å². The number of aromatic nitrogens is 1. The Balaban J connectivity index is 2.03. The van der Waals surface area contributed by atoms with E-state index in [4.69, 9.17) is 16.1 Å². The SMILES string of the molecule is Fc1ccc(-c2[c]c(-c3ccc(Cl)cc3F)no2)c(F)c1. The van der Waals surface area contributed by atoms with Crippen LogP contribution in [0.1, 0.15) is 0 Å². The minimum atomic E-state index is -0.814. The summed E-state index contributed by atoms with van der Waals surface area (Å²) in [5, 5.41) is 3.88. The van der Waals surface area contributed by atoms with E-state index >= 15 is 0 Å². The van der Waals surface area contributed by atoms with Crippen molar-refractivity contribution < 1.29 is 17.7 Å². The maximum Gasteiger partial charge on any atom is 0.178 e. The minimum Gasteiger partial charge on any atom is -0.355 e. The highest BCUT2D eigenvalue weighted by molar-refractivity contribution is 6.30. The Bertz CT molecular complexity index is 750. The van der Waals surface area contributed by atoms with Crippen LogP contribution in [0.2, 0.25) is 5.02 Å². The highest BCUT2D eigenvalue weighted by Crippen LogP contribution is 2.29. The molecular weight excluding hydrogens is 303 g/mol. The molecule has 0 amide bonds. The molecule has 0 aliphatic heterocycles. The predicted octanol–water partition coefficient (Wildman–Crippen LogP) is 4.88. The molecule has 1 radical (unpaired) electrons. The standard InChI is InChI=1S/C15H6ClF3NO/c16-8-1-3-10(12(18)5-8)14-7-15(21-20-14)11-4-2-9(17)6-13(11)19/h1-6H. The van der Waals surface area contributed by atoms with Crippen LogP contribution in [-0.4, -0.2) is 5.16 Å². The number of benzene rings is 2. The zero-order valence-electron chi connectivity index (χ0n) is 10.3. The van der Waals surface area contributed by atoms with Gasteiger partial charge in [0.1, 0.15) is 23.1 Å². The lowest BCUT2D eigenvalue weighted by molar-refractivity contribution is 0.431. The van der Waals surface area contributed by atoms with Gasteiger partial charge in [0.25, 0.3) is 0 Å². The first-order chi connectivity index (χ1) is 10.0. The molecule has 0 saturated carbocycles.